The Morgan fingerprint density at radius 3 is 2.50 bits per heavy atom. The molecule has 1 heterocycles. The number of anilines is 1. The van der Waals surface area contributed by atoms with Gasteiger partial charge < -0.3 is 14.8 Å². The van der Waals surface area contributed by atoms with Gasteiger partial charge in [-0.2, -0.15) is 5.10 Å². The average molecular weight is 510 g/mol. The molecule has 0 saturated heterocycles. The van der Waals surface area contributed by atoms with Gasteiger partial charge in [0, 0.05) is 16.9 Å². The lowest BCUT2D eigenvalue weighted by molar-refractivity contribution is 0.102. The number of aryl methyl sites for hydroxylation is 3. The summed E-state index contributed by atoms with van der Waals surface area (Å²) in [6.45, 7) is 6.43. The number of rotatable bonds is 10. The van der Waals surface area contributed by atoms with Gasteiger partial charge in [-0.25, -0.2) is 0 Å². The van der Waals surface area contributed by atoms with Crippen LogP contribution in [0.5, 0.6) is 11.5 Å². The lowest BCUT2D eigenvalue weighted by Gasteiger charge is -2.12. The van der Waals surface area contributed by atoms with Crippen LogP contribution in [-0.4, -0.2) is 30.3 Å². The highest BCUT2D eigenvalue weighted by Gasteiger charge is 2.10. The quantitative estimate of drug-likeness (QED) is 0.240. The first-order valence-electron chi connectivity index (χ1n) is 12.8. The first-order valence-corrected chi connectivity index (χ1v) is 12.8. The zero-order valence-electron chi connectivity index (χ0n) is 22.7. The monoisotopic (exact) mass is 509 g/mol. The highest BCUT2D eigenvalue weighted by molar-refractivity contribution is 6.04. The molecule has 0 fully saturated rings. The smallest absolute Gasteiger partial charge is 0.255 e. The number of aromatic nitrogens is 2. The van der Waals surface area contributed by atoms with E-state index >= 15 is 0 Å². The molecular formula is C32H35N3O3. The Hall–Kier alpha value is -4.32. The van der Waals surface area contributed by atoms with Crippen molar-refractivity contribution < 1.29 is 14.3 Å². The van der Waals surface area contributed by atoms with E-state index in [-0.39, 0.29) is 5.91 Å². The lowest BCUT2D eigenvalue weighted by atomic mass is 9.97. The molecule has 0 unspecified atom stereocenters. The summed E-state index contributed by atoms with van der Waals surface area (Å²) in [5.74, 6) is 1.74. The third kappa shape index (κ3) is 6.71. The number of amides is 1. The Labute approximate surface area is 224 Å². The predicted molar refractivity (Wildman–Crippen MR) is 154 cm³/mol. The van der Waals surface area contributed by atoms with E-state index in [2.05, 4.69) is 42.4 Å². The fourth-order valence-electron chi connectivity index (χ4n) is 4.48. The normalized spacial score (nSPS) is 11.2. The topological polar surface area (TPSA) is 76.2 Å². The molecule has 0 aliphatic carbocycles. The van der Waals surface area contributed by atoms with Crippen molar-refractivity contribution in [2.75, 3.05) is 19.5 Å². The highest BCUT2D eigenvalue weighted by atomic mass is 16.5. The van der Waals surface area contributed by atoms with Crippen molar-refractivity contribution in [1.29, 1.82) is 0 Å². The summed E-state index contributed by atoms with van der Waals surface area (Å²) in [4.78, 5) is 12.9. The molecule has 0 saturated carbocycles. The molecule has 0 atom stereocenters. The van der Waals surface area contributed by atoms with E-state index in [9.17, 15) is 4.79 Å². The maximum absolute atomic E-state index is 12.9. The molecule has 0 aliphatic rings. The number of carbonyl (C=O) groups is 1. The fraction of sp³-hybridized carbons (Fsp3) is 0.250. The summed E-state index contributed by atoms with van der Waals surface area (Å²) in [6.07, 6.45) is 5.53. The second-order valence-electron chi connectivity index (χ2n) is 9.65. The molecule has 6 nitrogen and oxygen atoms in total. The van der Waals surface area contributed by atoms with E-state index in [0.29, 0.717) is 23.0 Å². The van der Waals surface area contributed by atoms with Crippen molar-refractivity contribution in [1.82, 2.24) is 10.2 Å². The fourth-order valence-corrected chi connectivity index (χ4v) is 4.48. The highest BCUT2D eigenvalue weighted by Crippen LogP contribution is 2.28. The minimum absolute atomic E-state index is 0.104. The second-order valence-corrected chi connectivity index (χ2v) is 9.65. The van der Waals surface area contributed by atoms with Gasteiger partial charge in [-0.3, -0.25) is 9.89 Å². The van der Waals surface area contributed by atoms with Crippen LogP contribution in [0, 0.1) is 6.92 Å². The average Bonchev–Trinajstić information content (AvgIpc) is 3.38. The molecule has 0 spiro atoms. The molecule has 38 heavy (non-hydrogen) atoms. The van der Waals surface area contributed by atoms with E-state index < -0.39 is 0 Å². The number of nitrogens with one attached hydrogen (secondary N) is 2. The van der Waals surface area contributed by atoms with Crippen molar-refractivity contribution in [3.05, 3.63) is 106 Å². The number of aromatic amines is 1. The Balaban J connectivity index is 1.35. The summed E-state index contributed by atoms with van der Waals surface area (Å²) in [5, 5.41) is 10.6. The molecule has 2 N–H and O–H groups in total. The number of hydrogen-bond donors (Lipinski definition) is 2. The SMILES string of the molecule is COc1ccc(C=Cc2cc(CCc3cccc(C(=O)Nc4ccc(C(C)C)c(C)c4)c3)[nH]n2)cc1OC. The molecule has 0 aliphatic heterocycles. The van der Waals surface area contributed by atoms with Crippen molar-refractivity contribution in [3.63, 3.8) is 0 Å². The van der Waals surface area contributed by atoms with Crippen LogP contribution in [0.3, 0.4) is 0 Å². The largest absolute Gasteiger partial charge is 0.493 e. The Morgan fingerprint density at radius 1 is 0.947 bits per heavy atom. The Morgan fingerprint density at radius 2 is 1.76 bits per heavy atom. The predicted octanol–water partition coefficient (Wildman–Crippen LogP) is 7.07. The van der Waals surface area contributed by atoms with Gasteiger partial charge in [-0.05, 0) is 96.5 Å². The van der Waals surface area contributed by atoms with Gasteiger partial charge in [0.15, 0.2) is 11.5 Å². The van der Waals surface area contributed by atoms with E-state index in [1.54, 1.807) is 14.2 Å². The van der Waals surface area contributed by atoms with Crippen LogP contribution < -0.4 is 14.8 Å². The van der Waals surface area contributed by atoms with Gasteiger partial charge in [0.2, 0.25) is 0 Å². The van der Waals surface area contributed by atoms with Crippen molar-refractivity contribution in [2.45, 2.75) is 39.5 Å². The zero-order valence-corrected chi connectivity index (χ0v) is 22.7. The summed E-state index contributed by atoms with van der Waals surface area (Å²) in [7, 11) is 3.25. The van der Waals surface area contributed by atoms with Crippen LogP contribution in [0.15, 0.2) is 66.7 Å². The van der Waals surface area contributed by atoms with Crippen LogP contribution >= 0.6 is 0 Å². The van der Waals surface area contributed by atoms with Crippen LogP contribution in [0.2, 0.25) is 0 Å². The second kappa shape index (κ2) is 12.3. The number of ether oxygens (including phenoxy) is 2. The van der Waals surface area contributed by atoms with Gasteiger partial charge in [-0.15, -0.1) is 0 Å². The summed E-state index contributed by atoms with van der Waals surface area (Å²) in [5.41, 5.74) is 7.92. The van der Waals surface area contributed by atoms with E-state index in [1.807, 2.05) is 72.8 Å². The van der Waals surface area contributed by atoms with Crippen molar-refractivity contribution in [2.24, 2.45) is 0 Å². The van der Waals surface area contributed by atoms with Crippen LogP contribution in [-0.2, 0) is 12.8 Å². The van der Waals surface area contributed by atoms with E-state index in [1.165, 1.54) is 11.1 Å². The van der Waals surface area contributed by atoms with Crippen LogP contribution in [0.4, 0.5) is 5.69 Å². The van der Waals surface area contributed by atoms with Crippen molar-refractivity contribution in [3.8, 4) is 11.5 Å². The molecule has 0 radical (unpaired) electrons. The number of carbonyl (C=O) groups excluding carboxylic acids is 1. The van der Waals surface area contributed by atoms with E-state index in [4.69, 9.17) is 9.47 Å². The number of benzene rings is 3. The van der Waals surface area contributed by atoms with Gasteiger partial charge >= 0.3 is 0 Å². The standard InChI is InChI=1S/C32H35N3O3/c1-21(2)29-15-14-26(17-22(29)3)33-32(36)25-8-6-7-23(18-25)9-12-27-20-28(35-34-27)13-10-24-11-16-30(37-4)31(19-24)38-5/h6-8,10-11,13-21H,9,12H2,1-5H3,(H,33,36)(H,34,35). The van der Waals surface area contributed by atoms with Crippen molar-refractivity contribution >= 4 is 23.7 Å². The number of nitrogens with zero attached hydrogens (tertiary/aromatic N) is 1. The minimum Gasteiger partial charge on any atom is -0.493 e. The molecule has 6 heteroatoms. The molecule has 1 amide bonds. The molecule has 4 rings (SSSR count). The molecular weight excluding hydrogens is 474 g/mol. The summed E-state index contributed by atoms with van der Waals surface area (Å²) >= 11 is 0. The maximum Gasteiger partial charge on any atom is 0.255 e. The first kappa shape index (κ1) is 26.7. The third-order valence-electron chi connectivity index (χ3n) is 6.53. The third-order valence-corrected chi connectivity index (χ3v) is 6.53. The summed E-state index contributed by atoms with van der Waals surface area (Å²) in [6, 6.07) is 21.7. The number of hydrogen-bond acceptors (Lipinski definition) is 4. The van der Waals surface area contributed by atoms with Crippen LogP contribution in [0.1, 0.15) is 63.8 Å². The number of H-pyrrole nitrogens is 1. The molecule has 4 aromatic rings. The molecule has 0 bridgehead atoms. The Kier molecular flexibility index (Phi) is 8.64. The number of methoxy groups -OCH3 is 2. The lowest BCUT2D eigenvalue weighted by Crippen LogP contribution is -2.12. The Bertz CT molecular complexity index is 1440. The maximum atomic E-state index is 12.9. The van der Waals surface area contributed by atoms with Crippen LogP contribution in [0.25, 0.3) is 12.2 Å². The van der Waals surface area contributed by atoms with E-state index in [0.717, 1.165) is 41.0 Å². The molecule has 3 aromatic carbocycles. The minimum atomic E-state index is -0.104. The van der Waals surface area contributed by atoms with Gasteiger partial charge in [0.25, 0.3) is 5.91 Å². The zero-order chi connectivity index (χ0) is 27.1. The molecule has 1 aromatic heterocycles. The van der Waals surface area contributed by atoms with Gasteiger partial charge in [0.1, 0.15) is 0 Å². The summed E-state index contributed by atoms with van der Waals surface area (Å²) < 4.78 is 10.7. The van der Waals surface area contributed by atoms with Gasteiger partial charge in [0.05, 0.1) is 19.9 Å². The molecule has 196 valence electrons. The van der Waals surface area contributed by atoms with Gasteiger partial charge in [-0.1, -0.05) is 44.2 Å². The first-order chi connectivity index (χ1) is 18.4.